The normalized spacial score (nSPS) is 12.2. The van der Waals surface area contributed by atoms with Crippen LogP contribution in [0.25, 0.3) is 0 Å². The number of nitrogens with zero attached hydrogens (tertiary/aromatic N) is 2. The molecule has 3 aromatic rings. The molecule has 0 aliphatic carbocycles. The Balaban J connectivity index is 1.78. The van der Waals surface area contributed by atoms with Crippen molar-refractivity contribution in [2.45, 2.75) is 22.9 Å². The first kappa shape index (κ1) is 28.1. The number of halogens is 2. The van der Waals surface area contributed by atoms with Crippen molar-refractivity contribution in [2.75, 3.05) is 20.6 Å². The molecule has 0 saturated carbocycles. The van der Waals surface area contributed by atoms with Crippen LogP contribution in [0.5, 0.6) is 0 Å². The van der Waals surface area contributed by atoms with E-state index in [1.807, 2.05) is 0 Å². The fourth-order valence-electron chi connectivity index (χ4n) is 3.23. The Bertz CT molecular complexity index is 1430. The van der Waals surface area contributed by atoms with Crippen molar-refractivity contribution in [1.29, 1.82) is 0 Å². The first-order valence-corrected chi connectivity index (χ1v) is 14.3. The molecule has 0 saturated heterocycles. The molecule has 0 aliphatic heterocycles. The lowest BCUT2D eigenvalue weighted by atomic mass is 10.2. The van der Waals surface area contributed by atoms with Gasteiger partial charge in [0.1, 0.15) is 4.90 Å². The van der Waals surface area contributed by atoms with Gasteiger partial charge in [-0.25, -0.2) is 21.1 Å². The molecule has 0 aliphatic rings. The van der Waals surface area contributed by atoms with Gasteiger partial charge in [0.05, 0.1) is 16.5 Å². The highest BCUT2D eigenvalue weighted by molar-refractivity contribution is 7.89. The second kappa shape index (κ2) is 11.7. The summed E-state index contributed by atoms with van der Waals surface area (Å²) in [6.07, 6.45) is 0. The molecule has 0 unspecified atom stereocenters. The van der Waals surface area contributed by atoms with Crippen LogP contribution >= 0.6 is 23.2 Å². The zero-order valence-corrected chi connectivity index (χ0v) is 22.7. The third-order valence-electron chi connectivity index (χ3n) is 5.22. The lowest BCUT2D eigenvalue weighted by Gasteiger charge is -2.22. The summed E-state index contributed by atoms with van der Waals surface area (Å²) in [5.74, 6) is -0.544. The van der Waals surface area contributed by atoms with E-state index < -0.39 is 32.5 Å². The van der Waals surface area contributed by atoms with Crippen molar-refractivity contribution in [3.05, 3.63) is 94.0 Å². The highest BCUT2D eigenvalue weighted by Gasteiger charge is 2.29. The van der Waals surface area contributed by atoms with E-state index in [1.165, 1.54) is 44.4 Å². The fourth-order valence-corrected chi connectivity index (χ4v) is 6.26. The topological polar surface area (TPSA) is 104 Å². The minimum Gasteiger partial charge on any atom is -0.351 e. The van der Waals surface area contributed by atoms with Crippen LogP contribution in [0.2, 0.25) is 10.0 Å². The Labute approximate surface area is 221 Å². The van der Waals surface area contributed by atoms with Crippen LogP contribution in [-0.4, -0.2) is 52.0 Å². The maximum absolute atomic E-state index is 13.4. The number of rotatable bonds is 10. The van der Waals surface area contributed by atoms with E-state index in [4.69, 9.17) is 23.2 Å². The molecular formula is C24H25Cl2N3O5S2. The molecule has 0 atom stereocenters. The lowest BCUT2D eigenvalue weighted by Crippen LogP contribution is -2.40. The molecule has 1 N–H and O–H groups in total. The standard InChI is InChI=1S/C24H25Cl2N3O5S2/c1-28(2)35(31,32)21-11-8-18(9-12-21)15-27-24(30)17-29(16-19-6-4-3-5-7-19)36(33,34)23-14-20(25)10-13-22(23)26/h3-14H,15-17H2,1-2H3,(H,27,30). The van der Waals surface area contributed by atoms with E-state index in [9.17, 15) is 21.6 Å². The molecule has 8 nitrogen and oxygen atoms in total. The number of carbonyl (C=O) groups is 1. The average Bonchev–Trinajstić information content (AvgIpc) is 2.84. The molecule has 0 radical (unpaired) electrons. The number of amides is 1. The second-order valence-corrected chi connectivity index (χ2v) is 12.9. The number of hydrogen-bond donors (Lipinski definition) is 1. The average molecular weight is 571 g/mol. The van der Waals surface area contributed by atoms with E-state index in [0.717, 1.165) is 8.61 Å². The van der Waals surface area contributed by atoms with E-state index in [2.05, 4.69) is 5.32 Å². The number of benzene rings is 3. The maximum Gasteiger partial charge on any atom is 0.245 e. The Hall–Kier alpha value is -2.47. The van der Waals surface area contributed by atoms with Crippen molar-refractivity contribution in [3.63, 3.8) is 0 Å². The van der Waals surface area contributed by atoms with Gasteiger partial charge >= 0.3 is 0 Å². The van der Waals surface area contributed by atoms with Crippen molar-refractivity contribution in [2.24, 2.45) is 0 Å². The van der Waals surface area contributed by atoms with E-state index in [1.54, 1.807) is 42.5 Å². The summed E-state index contributed by atoms with van der Waals surface area (Å²) in [5.41, 5.74) is 1.33. The number of nitrogens with one attached hydrogen (secondary N) is 1. The van der Waals surface area contributed by atoms with Gasteiger partial charge in [0.2, 0.25) is 26.0 Å². The van der Waals surface area contributed by atoms with Gasteiger partial charge in [0.25, 0.3) is 0 Å². The summed E-state index contributed by atoms with van der Waals surface area (Å²) in [7, 11) is -4.86. The quantitative estimate of drug-likeness (QED) is 0.400. The highest BCUT2D eigenvalue weighted by atomic mass is 35.5. The summed E-state index contributed by atoms with van der Waals surface area (Å²) in [5, 5.41) is 2.87. The van der Waals surface area contributed by atoms with Gasteiger partial charge in [-0.15, -0.1) is 0 Å². The predicted octanol–water partition coefficient (Wildman–Crippen LogP) is 3.75. The van der Waals surface area contributed by atoms with Crippen LogP contribution in [0.1, 0.15) is 11.1 Å². The number of hydrogen-bond acceptors (Lipinski definition) is 5. The minimum atomic E-state index is -4.18. The molecule has 0 spiro atoms. The van der Waals surface area contributed by atoms with Crippen LogP contribution in [0.3, 0.4) is 0 Å². The molecular weight excluding hydrogens is 545 g/mol. The van der Waals surface area contributed by atoms with Gasteiger partial charge in [-0.2, -0.15) is 4.31 Å². The maximum atomic E-state index is 13.4. The highest BCUT2D eigenvalue weighted by Crippen LogP contribution is 2.28. The molecule has 0 heterocycles. The first-order valence-electron chi connectivity index (χ1n) is 10.7. The first-order chi connectivity index (χ1) is 16.9. The largest absolute Gasteiger partial charge is 0.351 e. The predicted molar refractivity (Wildman–Crippen MR) is 140 cm³/mol. The Morgan fingerprint density at radius 3 is 2.08 bits per heavy atom. The van der Waals surface area contributed by atoms with Gasteiger partial charge in [0, 0.05) is 32.2 Å². The van der Waals surface area contributed by atoms with Crippen LogP contribution < -0.4 is 5.32 Å². The second-order valence-electron chi connectivity index (χ2n) is 8.04. The number of carbonyl (C=O) groups excluding carboxylic acids is 1. The number of sulfonamides is 2. The Morgan fingerprint density at radius 1 is 0.833 bits per heavy atom. The SMILES string of the molecule is CN(C)S(=O)(=O)c1ccc(CNC(=O)CN(Cc2ccccc2)S(=O)(=O)c2cc(Cl)ccc2Cl)cc1. The molecule has 0 aromatic heterocycles. The monoisotopic (exact) mass is 569 g/mol. The van der Waals surface area contributed by atoms with Crippen molar-refractivity contribution in [1.82, 2.24) is 13.9 Å². The molecule has 3 rings (SSSR count). The van der Waals surface area contributed by atoms with Gasteiger partial charge in [0.15, 0.2) is 0 Å². The molecule has 3 aromatic carbocycles. The summed E-state index contributed by atoms with van der Waals surface area (Å²) in [6, 6.07) is 19.0. The van der Waals surface area contributed by atoms with Gasteiger partial charge in [-0.05, 0) is 41.5 Å². The van der Waals surface area contributed by atoms with Gasteiger partial charge in [-0.1, -0.05) is 65.7 Å². The molecule has 1 amide bonds. The van der Waals surface area contributed by atoms with Crippen LogP contribution in [0.15, 0.2) is 82.6 Å². The zero-order valence-electron chi connectivity index (χ0n) is 19.6. The van der Waals surface area contributed by atoms with Crippen molar-refractivity contribution in [3.8, 4) is 0 Å². The zero-order chi connectivity index (χ0) is 26.5. The fraction of sp³-hybridized carbons (Fsp3) is 0.208. The van der Waals surface area contributed by atoms with Crippen molar-refractivity contribution >= 4 is 49.2 Å². The minimum absolute atomic E-state index is 0.00867. The smallest absolute Gasteiger partial charge is 0.245 e. The van der Waals surface area contributed by atoms with Crippen LogP contribution in [0, 0.1) is 0 Å². The van der Waals surface area contributed by atoms with Gasteiger partial charge < -0.3 is 5.32 Å². The van der Waals surface area contributed by atoms with E-state index in [0.29, 0.717) is 11.1 Å². The Kier molecular flexibility index (Phi) is 9.15. The van der Waals surface area contributed by atoms with Crippen LogP contribution in [0.4, 0.5) is 0 Å². The third kappa shape index (κ3) is 6.84. The molecule has 0 fully saturated rings. The third-order valence-corrected chi connectivity index (χ3v) is 9.56. The Morgan fingerprint density at radius 2 is 1.47 bits per heavy atom. The van der Waals surface area contributed by atoms with Crippen molar-refractivity contribution < 1.29 is 21.6 Å². The molecule has 0 bridgehead atoms. The van der Waals surface area contributed by atoms with E-state index in [-0.39, 0.29) is 32.9 Å². The van der Waals surface area contributed by atoms with Gasteiger partial charge in [-0.3, -0.25) is 4.79 Å². The van der Waals surface area contributed by atoms with E-state index >= 15 is 0 Å². The lowest BCUT2D eigenvalue weighted by molar-refractivity contribution is -0.121. The molecule has 12 heteroatoms. The molecule has 192 valence electrons. The summed E-state index contributed by atoms with van der Waals surface area (Å²) >= 11 is 12.2. The van der Waals surface area contributed by atoms with Crippen LogP contribution in [-0.2, 0) is 37.9 Å². The summed E-state index contributed by atoms with van der Waals surface area (Å²) in [4.78, 5) is 12.7. The summed E-state index contributed by atoms with van der Waals surface area (Å²) in [6.45, 7) is -0.442. The summed E-state index contributed by atoms with van der Waals surface area (Å²) < 4.78 is 53.5. The molecule has 36 heavy (non-hydrogen) atoms.